The molecule has 0 aromatic rings. The molecule has 0 radical (unpaired) electrons. The van der Waals surface area contributed by atoms with Crippen molar-refractivity contribution in [3.8, 4) is 0 Å². The first-order chi connectivity index (χ1) is 10.1. The van der Waals surface area contributed by atoms with Gasteiger partial charge in [0.2, 0.25) is 0 Å². The lowest BCUT2D eigenvalue weighted by atomic mass is 9.98. The summed E-state index contributed by atoms with van der Waals surface area (Å²) in [6.07, 6.45) is 5.41. The maximum absolute atomic E-state index is 12.8. The Kier molecular flexibility index (Phi) is 5.45. The lowest BCUT2D eigenvalue weighted by molar-refractivity contribution is -0.141. The van der Waals surface area contributed by atoms with Crippen LogP contribution in [0.3, 0.4) is 0 Å². The standard InChI is InChI=1S/C15H26N2O4/c1-3-6-11-7-4-5-8-16(11)15(20)17-10-12(21-2)9-13(17)14(18)19/h11-13H,3-10H2,1-2H3,(H,18,19). The summed E-state index contributed by atoms with van der Waals surface area (Å²) in [6, 6.07) is -0.626. The van der Waals surface area contributed by atoms with Crippen LogP contribution in [0.25, 0.3) is 0 Å². The van der Waals surface area contributed by atoms with Crippen LogP contribution >= 0.6 is 0 Å². The van der Waals surface area contributed by atoms with Gasteiger partial charge in [-0.15, -0.1) is 0 Å². The molecule has 0 saturated carbocycles. The van der Waals surface area contributed by atoms with Crippen molar-refractivity contribution in [1.29, 1.82) is 0 Å². The van der Waals surface area contributed by atoms with Crippen LogP contribution in [-0.2, 0) is 9.53 Å². The van der Waals surface area contributed by atoms with Gasteiger partial charge in [0.05, 0.1) is 6.10 Å². The van der Waals surface area contributed by atoms with E-state index in [4.69, 9.17) is 4.74 Å². The van der Waals surface area contributed by atoms with E-state index >= 15 is 0 Å². The Morgan fingerprint density at radius 2 is 2.05 bits per heavy atom. The summed E-state index contributed by atoms with van der Waals surface area (Å²) in [5, 5.41) is 9.35. The van der Waals surface area contributed by atoms with Crippen LogP contribution in [0.4, 0.5) is 4.79 Å². The van der Waals surface area contributed by atoms with Gasteiger partial charge in [-0.25, -0.2) is 9.59 Å². The van der Waals surface area contributed by atoms with Gasteiger partial charge in [0.15, 0.2) is 0 Å². The number of piperidine rings is 1. The number of methoxy groups -OCH3 is 1. The Labute approximate surface area is 126 Å². The molecule has 2 aliphatic heterocycles. The summed E-state index contributed by atoms with van der Waals surface area (Å²) in [6.45, 7) is 3.24. The second kappa shape index (κ2) is 7.11. The molecule has 2 rings (SSSR count). The molecule has 3 atom stereocenters. The number of urea groups is 1. The summed E-state index contributed by atoms with van der Waals surface area (Å²) in [5.74, 6) is -0.938. The number of amides is 2. The van der Waals surface area contributed by atoms with E-state index in [1.165, 1.54) is 4.90 Å². The van der Waals surface area contributed by atoms with Crippen LogP contribution in [-0.4, -0.2) is 65.3 Å². The average Bonchev–Trinajstić information content (AvgIpc) is 2.92. The highest BCUT2D eigenvalue weighted by molar-refractivity contribution is 5.83. The van der Waals surface area contributed by atoms with Gasteiger partial charge in [0.25, 0.3) is 0 Å². The Hall–Kier alpha value is -1.30. The molecule has 0 aliphatic carbocycles. The molecule has 0 spiro atoms. The number of hydrogen-bond donors (Lipinski definition) is 1. The Balaban J connectivity index is 2.10. The van der Waals surface area contributed by atoms with Crippen molar-refractivity contribution in [2.24, 2.45) is 0 Å². The SMILES string of the molecule is CCCC1CCCCN1C(=O)N1CC(OC)CC1C(=O)O. The van der Waals surface area contributed by atoms with Crippen molar-refractivity contribution < 1.29 is 19.4 Å². The van der Waals surface area contributed by atoms with E-state index in [0.29, 0.717) is 13.0 Å². The molecule has 2 saturated heterocycles. The first kappa shape index (κ1) is 16.1. The molecule has 2 fully saturated rings. The maximum atomic E-state index is 12.8. The summed E-state index contributed by atoms with van der Waals surface area (Å²) in [4.78, 5) is 27.6. The number of nitrogens with zero attached hydrogens (tertiary/aromatic N) is 2. The van der Waals surface area contributed by atoms with Crippen LogP contribution in [0.15, 0.2) is 0 Å². The van der Waals surface area contributed by atoms with E-state index in [0.717, 1.165) is 38.6 Å². The monoisotopic (exact) mass is 298 g/mol. The second-order valence-electron chi connectivity index (χ2n) is 6.01. The quantitative estimate of drug-likeness (QED) is 0.861. The predicted molar refractivity (Wildman–Crippen MR) is 78.2 cm³/mol. The molecule has 6 heteroatoms. The lowest BCUT2D eigenvalue weighted by Gasteiger charge is -2.39. The molecule has 0 bridgehead atoms. The third-order valence-corrected chi connectivity index (χ3v) is 4.62. The number of ether oxygens (including phenoxy) is 1. The molecule has 6 nitrogen and oxygen atoms in total. The highest BCUT2D eigenvalue weighted by Gasteiger charge is 2.42. The van der Waals surface area contributed by atoms with Crippen molar-refractivity contribution in [1.82, 2.24) is 9.80 Å². The van der Waals surface area contributed by atoms with Gasteiger partial charge in [-0.3, -0.25) is 0 Å². The summed E-state index contributed by atoms with van der Waals surface area (Å²) in [7, 11) is 1.57. The first-order valence-corrected chi connectivity index (χ1v) is 7.91. The van der Waals surface area contributed by atoms with E-state index in [9.17, 15) is 14.7 Å². The molecular weight excluding hydrogens is 272 g/mol. The average molecular weight is 298 g/mol. The maximum Gasteiger partial charge on any atom is 0.326 e. The zero-order valence-corrected chi connectivity index (χ0v) is 13.0. The van der Waals surface area contributed by atoms with Crippen molar-refractivity contribution in [3.05, 3.63) is 0 Å². The van der Waals surface area contributed by atoms with Crippen molar-refractivity contribution in [2.75, 3.05) is 20.2 Å². The summed E-state index contributed by atoms with van der Waals surface area (Å²) >= 11 is 0. The number of hydrogen-bond acceptors (Lipinski definition) is 3. The zero-order valence-electron chi connectivity index (χ0n) is 13.0. The summed E-state index contributed by atoms with van der Waals surface area (Å²) < 4.78 is 5.26. The number of rotatable bonds is 4. The minimum atomic E-state index is -0.938. The predicted octanol–water partition coefficient (Wildman–Crippen LogP) is 1.93. The Morgan fingerprint density at radius 3 is 2.67 bits per heavy atom. The van der Waals surface area contributed by atoms with E-state index in [1.54, 1.807) is 7.11 Å². The molecule has 2 heterocycles. The fourth-order valence-electron chi connectivity index (χ4n) is 3.46. The Morgan fingerprint density at radius 1 is 1.29 bits per heavy atom. The van der Waals surface area contributed by atoms with Gasteiger partial charge >= 0.3 is 12.0 Å². The molecule has 21 heavy (non-hydrogen) atoms. The zero-order chi connectivity index (χ0) is 15.4. The van der Waals surface area contributed by atoms with Crippen LogP contribution in [0.5, 0.6) is 0 Å². The first-order valence-electron chi connectivity index (χ1n) is 7.91. The second-order valence-corrected chi connectivity index (χ2v) is 6.01. The number of carboxylic acid groups (broad SMARTS) is 1. The van der Waals surface area contributed by atoms with E-state index in [2.05, 4.69) is 6.92 Å². The molecule has 2 amide bonds. The van der Waals surface area contributed by atoms with E-state index < -0.39 is 12.0 Å². The lowest BCUT2D eigenvalue weighted by Crippen LogP contribution is -2.53. The molecular formula is C15H26N2O4. The van der Waals surface area contributed by atoms with E-state index in [-0.39, 0.29) is 18.2 Å². The number of carbonyl (C=O) groups excluding carboxylic acids is 1. The number of carboxylic acids is 1. The summed E-state index contributed by atoms with van der Waals surface area (Å²) in [5.41, 5.74) is 0. The smallest absolute Gasteiger partial charge is 0.326 e. The van der Waals surface area contributed by atoms with Gasteiger partial charge in [-0.2, -0.15) is 0 Å². The number of carbonyl (C=O) groups is 2. The van der Waals surface area contributed by atoms with E-state index in [1.807, 2.05) is 4.90 Å². The topological polar surface area (TPSA) is 70.1 Å². The van der Waals surface area contributed by atoms with Crippen molar-refractivity contribution >= 4 is 12.0 Å². The highest BCUT2D eigenvalue weighted by atomic mass is 16.5. The van der Waals surface area contributed by atoms with Gasteiger partial charge in [-0.05, 0) is 25.7 Å². The van der Waals surface area contributed by atoms with Crippen LogP contribution in [0.1, 0.15) is 45.4 Å². The largest absolute Gasteiger partial charge is 0.480 e. The van der Waals surface area contributed by atoms with Gasteiger partial charge in [0, 0.05) is 32.7 Å². The number of aliphatic carboxylic acids is 1. The molecule has 120 valence electrons. The van der Waals surface area contributed by atoms with Crippen molar-refractivity contribution in [3.63, 3.8) is 0 Å². The van der Waals surface area contributed by atoms with Crippen molar-refractivity contribution in [2.45, 2.75) is 63.6 Å². The van der Waals surface area contributed by atoms with Crippen LogP contribution in [0.2, 0.25) is 0 Å². The number of likely N-dealkylation sites (tertiary alicyclic amines) is 2. The van der Waals surface area contributed by atoms with Gasteiger partial charge in [-0.1, -0.05) is 13.3 Å². The third-order valence-electron chi connectivity index (χ3n) is 4.62. The highest BCUT2D eigenvalue weighted by Crippen LogP contribution is 2.27. The van der Waals surface area contributed by atoms with Gasteiger partial charge in [0.1, 0.15) is 6.04 Å². The fourth-order valence-corrected chi connectivity index (χ4v) is 3.46. The van der Waals surface area contributed by atoms with Crippen LogP contribution in [0, 0.1) is 0 Å². The minimum absolute atomic E-state index is 0.125. The molecule has 3 unspecified atom stereocenters. The molecule has 0 aromatic carbocycles. The molecule has 1 N–H and O–H groups in total. The normalized spacial score (nSPS) is 29.7. The fraction of sp³-hybridized carbons (Fsp3) is 0.867. The molecule has 0 aromatic heterocycles. The molecule has 2 aliphatic rings. The minimum Gasteiger partial charge on any atom is -0.480 e. The van der Waals surface area contributed by atoms with Crippen LogP contribution < -0.4 is 0 Å². The Bertz CT molecular complexity index is 386. The third kappa shape index (κ3) is 3.48. The van der Waals surface area contributed by atoms with Gasteiger partial charge < -0.3 is 19.6 Å².